The zero-order valence-electron chi connectivity index (χ0n) is 28.6. The van der Waals surface area contributed by atoms with Gasteiger partial charge < -0.3 is 18.4 Å². The van der Waals surface area contributed by atoms with Crippen LogP contribution in [-0.2, 0) is 38.9 Å². The fourth-order valence-electron chi connectivity index (χ4n) is 6.71. The summed E-state index contributed by atoms with van der Waals surface area (Å²) in [5, 5.41) is 2.18. The van der Waals surface area contributed by atoms with Crippen molar-refractivity contribution in [2.24, 2.45) is 6.98 Å². The number of nitrogens with zero attached hydrogens (tertiary/aromatic N) is 4. The Labute approximate surface area is 282 Å². The average Bonchev–Trinajstić information content (AvgIpc) is 3.60. The van der Waals surface area contributed by atoms with Crippen LogP contribution in [-0.4, -0.2) is 14.1 Å². The molecular weight excluding hydrogens is 736 g/mol. The number of hydrogen-bond donors (Lipinski definition) is 0. The molecule has 0 bridgehead atoms. The average molecular weight is 773 g/mol. The Balaban J connectivity index is 0.00000364. The Kier molecular flexibility index (Phi) is 6.20. The van der Waals surface area contributed by atoms with E-state index in [1.807, 2.05) is 42.5 Å². The summed E-state index contributed by atoms with van der Waals surface area (Å²) in [6.07, 6.45) is 7.33. The van der Waals surface area contributed by atoms with Crippen molar-refractivity contribution >= 4 is 32.8 Å². The summed E-state index contributed by atoms with van der Waals surface area (Å²) >= 11 is 0. The van der Waals surface area contributed by atoms with Gasteiger partial charge in [-0.05, 0) is 52.3 Å². The van der Waals surface area contributed by atoms with E-state index in [0.29, 0.717) is 28.2 Å². The molecule has 5 nitrogen and oxygen atoms in total. The Morgan fingerprint density at radius 1 is 0.800 bits per heavy atom. The predicted octanol–water partition coefficient (Wildman–Crippen LogP) is 8.49. The SMILES string of the molecule is [2H]C([2H])([2H])[n+]1[c-]n(-c2[c-]c(Oc3[c-]c4c(cc3)c3ccccc3n4-c3cc4c(cn3)C(C)(C)CCC4(C)C)ccc2)c2ccccc21.[Pt]. The number of rotatable bonds is 4. The fraction of sp³-hybridized carbons (Fsp3) is 0.231. The van der Waals surface area contributed by atoms with Gasteiger partial charge in [0, 0.05) is 44.3 Å². The van der Waals surface area contributed by atoms with Gasteiger partial charge in [-0.3, -0.25) is 0 Å². The Morgan fingerprint density at radius 3 is 2.36 bits per heavy atom. The van der Waals surface area contributed by atoms with E-state index in [1.54, 1.807) is 10.6 Å². The minimum absolute atomic E-state index is 0. The molecule has 45 heavy (non-hydrogen) atoms. The molecule has 0 saturated carbocycles. The predicted molar refractivity (Wildman–Crippen MR) is 175 cm³/mol. The molecule has 4 aromatic carbocycles. The van der Waals surface area contributed by atoms with E-state index >= 15 is 0 Å². The molecule has 0 atom stereocenters. The van der Waals surface area contributed by atoms with E-state index in [2.05, 4.69) is 93.3 Å². The van der Waals surface area contributed by atoms with Crippen molar-refractivity contribution in [2.45, 2.75) is 51.4 Å². The molecule has 6 heteroatoms. The van der Waals surface area contributed by atoms with Gasteiger partial charge >= 0.3 is 0 Å². The van der Waals surface area contributed by atoms with Crippen LogP contribution < -0.4 is 9.30 Å². The monoisotopic (exact) mass is 772 g/mol. The zero-order valence-corrected chi connectivity index (χ0v) is 27.9. The van der Waals surface area contributed by atoms with Gasteiger partial charge in [-0.15, -0.1) is 29.7 Å². The number of fused-ring (bicyclic) bond motifs is 5. The molecule has 228 valence electrons. The summed E-state index contributed by atoms with van der Waals surface area (Å²) < 4.78 is 35.4. The molecule has 8 rings (SSSR count). The first-order valence-electron chi connectivity index (χ1n) is 16.5. The minimum atomic E-state index is -2.37. The third-order valence-corrected chi connectivity index (χ3v) is 9.29. The van der Waals surface area contributed by atoms with Crippen LogP contribution in [0.2, 0.25) is 0 Å². The molecule has 0 amide bonds. The number of aromatic nitrogens is 4. The molecular formula is C39H34N4OPt-2. The van der Waals surface area contributed by atoms with Crippen LogP contribution in [0.5, 0.6) is 11.5 Å². The summed E-state index contributed by atoms with van der Waals surface area (Å²) in [5.74, 6) is 1.87. The fourth-order valence-corrected chi connectivity index (χ4v) is 6.71. The second-order valence-corrected chi connectivity index (χ2v) is 13.1. The van der Waals surface area contributed by atoms with Gasteiger partial charge in [0.15, 0.2) is 0 Å². The molecule has 0 saturated heterocycles. The number of imidazole rings is 1. The number of aryl methyl sites for hydroxylation is 1. The molecule has 1 aliphatic carbocycles. The van der Waals surface area contributed by atoms with Crippen molar-refractivity contribution in [1.29, 1.82) is 0 Å². The first kappa shape index (κ1) is 26.0. The van der Waals surface area contributed by atoms with Crippen LogP contribution in [0.3, 0.4) is 0 Å². The largest absolute Gasteiger partial charge is 0.510 e. The van der Waals surface area contributed by atoms with Gasteiger partial charge in [0.2, 0.25) is 6.33 Å². The molecule has 0 aliphatic heterocycles. The maximum Gasteiger partial charge on any atom is 0.242 e. The smallest absolute Gasteiger partial charge is 0.242 e. The van der Waals surface area contributed by atoms with Gasteiger partial charge in [-0.2, -0.15) is 18.2 Å². The summed E-state index contributed by atoms with van der Waals surface area (Å²) in [6.45, 7) is 6.91. The molecule has 7 aromatic rings. The first-order valence-corrected chi connectivity index (χ1v) is 15.0. The van der Waals surface area contributed by atoms with Crippen LogP contribution in [0.15, 0.2) is 91.1 Å². The van der Waals surface area contributed by atoms with E-state index in [0.717, 1.165) is 40.5 Å². The summed E-state index contributed by atoms with van der Waals surface area (Å²) in [6, 6.07) is 34.4. The summed E-state index contributed by atoms with van der Waals surface area (Å²) in [7, 11) is 0. The molecule has 0 fully saturated rings. The van der Waals surface area contributed by atoms with E-state index in [1.165, 1.54) is 15.7 Å². The molecule has 0 unspecified atom stereocenters. The Morgan fingerprint density at radius 2 is 1.53 bits per heavy atom. The van der Waals surface area contributed by atoms with Crippen molar-refractivity contribution < 1.29 is 34.5 Å². The summed E-state index contributed by atoms with van der Waals surface area (Å²) in [5.41, 5.74) is 6.60. The van der Waals surface area contributed by atoms with E-state index in [9.17, 15) is 0 Å². The van der Waals surface area contributed by atoms with Crippen molar-refractivity contribution in [3.05, 3.63) is 121 Å². The Hall–Kier alpha value is -4.21. The van der Waals surface area contributed by atoms with Gasteiger partial charge in [0.1, 0.15) is 5.82 Å². The van der Waals surface area contributed by atoms with Gasteiger partial charge in [0.05, 0.1) is 22.1 Å². The van der Waals surface area contributed by atoms with E-state index in [4.69, 9.17) is 13.8 Å². The quantitative estimate of drug-likeness (QED) is 0.133. The van der Waals surface area contributed by atoms with Crippen molar-refractivity contribution in [3.8, 4) is 23.0 Å². The maximum absolute atomic E-state index is 8.00. The number of pyridine rings is 1. The standard InChI is InChI=1S/C39H34N4O.Pt/c1-38(2)19-20-39(3,4)32-24-40-37(23-31(32)38)43-33-14-7-6-13-29(33)30-18-17-28(22-36(30)43)44-27-12-10-11-26(21-27)42-25-41(5)34-15-8-9-16-35(34)42;/h6-18,23-24H,19-20H2,1-5H3;/q-2;/i5D3;. The molecule has 1 aliphatic rings. The van der Waals surface area contributed by atoms with Crippen LogP contribution in [0.1, 0.15) is 55.8 Å². The maximum atomic E-state index is 8.00. The number of para-hydroxylation sites is 3. The molecule has 3 heterocycles. The van der Waals surface area contributed by atoms with Crippen LogP contribution in [0, 0.1) is 18.5 Å². The van der Waals surface area contributed by atoms with Crippen molar-refractivity contribution in [3.63, 3.8) is 0 Å². The third-order valence-electron chi connectivity index (χ3n) is 9.29. The zero-order chi connectivity index (χ0) is 32.7. The van der Waals surface area contributed by atoms with Crippen LogP contribution in [0.25, 0.3) is 44.3 Å². The number of benzene rings is 4. The topological polar surface area (TPSA) is 35.9 Å². The summed E-state index contributed by atoms with van der Waals surface area (Å²) in [4.78, 5) is 5.05. The minimum Gasteiger partial charge on any atom is -0.510 e. The van der Waals surface area contributed by atoms with Crippen molar-refractivity contribution in [2.75, 3.05) is 0 Å². The van der Waals surface area contributed by atoms with Gasteiger partial charge in [-0.25, -0.2) is 4.98 Å². The van der Waals surface area contributed by atoms with Crippen LogP contribution >= 0.6 is 0 Å². The van der Waals surface area contributed by atoms with E-state index < -0.39 is 6.98 Å². The normalized spacial score (nSPS) is 16.5. The molecule has 3 aromatic heterocycles. The number of ether oxygens (including phenoxy) is 1. The molecule has 0 radical (unpaired) electrons. The second kappa shape index (κ2) is 10.7. The van der Waals surface area contributed by atoms with Crippen molar-refractivity contribution in [1.82, 2.24) is 14.1 Å². The third kappa shape index (κ3) is 4.80. The number of hydrogen-bond acceptors (Lipinski definition) is 2. The second-order valence-electron chi connectivity index (χ2n) is 13.1. The molecule has 0 spiro atoms. The van der Waals surface area contributed by atoms with E-state index in [-0.39, 0.29) is 31.9 Å². The molecule has 0 N–H and O–H groups in total. The Bertz CT molecular complexity index is 2350. The first-order chi connectivity index (χ1) is 22.4. The van der Waals surface area contributed by atoms with Crippen LogP contribution in [0.4, 0.5) is 0 Å². The van der Waals surface area contributed by atoms with Gasteiger partial charge in [0.25, 0.3) is 0 Å². The van der Waals surface area contributed by atoms with Gasteiger partial charge in [-0.1, -0.05) is 81.4 Å².